The van der Waals surface area contributed by atoms with E-state index in [9.17, 15) is 4.79 Å². The number of fused-ring (bicyclic) bond motifs is 1. The van der Waals surface area contributed by atoms with E-state index >= 15 is 0 Å². The molecule has 2 aliphatic heterocycles. The summed E-state index contributed by atoms with van der Waals surface area (Å²) in [5.41, 5.74) is 5.45. The lowest BCUT2D eigenvalue weighted by Gasteiger charge is -2.19. The summed E-state index contributed by atoms with van der Waals surface area (Å²) in [5, 5.41) is 3.22. The van der Waals surface area contributed by atoms with Crippen molar-refractivity contribution in [3.05, 3.63) is 77.6 Å². The molecule has 0 spiro atoms. The van der Waals surface area contributed by atoms with Gasteiger partial charge in [0.2, 0.25) is 5.91 Å². The number of carbonyl (C=O) groups excluding carboxylic acids is 1. The molecule has 0 unspecified atom stereocenters. The zero-order chi connectivity index (χ0) is 20.9. The standard InChI is InChI=1S/C25H27N3O2/c1-18-9-11-21-16-19(17-26-25(21)27-18)10-12-24(29)28-14-5-6-20(13-15-28)22-7-3-4-8-23(22)30-2/h3-4,6-8,10,12,16-17H,1,5,9,11,13-15H2,2H3,(H,26,27)/b12-10+. The van der Waals surface area contributed by atoms with Gasteiger partial charge in [-0.15, -0.1) is 0 Å². The van der Waals surface area contributed by atoms with E-state index in [2.05, 4.69) is 35.1 Å². The van der Waals surface area contributed by atoms with E-state index in [0.717, 1.165) is 66.2 Å². The number of pyridine rings is 1. The molecule has 5 heteroatoms. The molecule has 0 saturated heterocycles. The average molecular weight is 402 g/mol. The summed E-state index contributed by atoms with van der Waals surface area (Å²) in [6.45, 7) is 5.38. The summed E-state index contributed by atoms with van der Waals surface area (Å²) in [6.07, 6.45) is 11.0. The Morgan fingerprint density at radius 2 is 2.10 bits per heavy atom. The number of allylic oxidation sites excluding steroid dienone is 1. The number of benzene rings is 1. The normalized spacial score (nSPS) is 16.5. The Balaban J connectivity index is 1.40. The third-order valence-corrected chi connectivity index (χ3v) is 5.60. The fourth-order valence-electron chi connectivity index (χ4n) is 3.95. The lowest BCUT2D eigenvalue weighted by Crippen LogP contribution is -2.30. The number of nitrogens with one attached hydrogen (secondary N) is 1. The van der Waals surface area contributed by atoms with Crippen LogP contribution in [0.25, 0.3) is 11.6 Å². The first-order valence-corrected chi connectivity index (χ1v) is 10.4. The van der Waals surface area contributed by atoms with Crippen molar-refractivity contribution < 1.29 is 9.53 Å². The molecule has 2 aliphatic rings. The second-order valence-corrected chi connectivity index (χ2v) is 7.63. The van der Waals surface area contributed by atoms with Gasteiger partial charge in [-0.2, -0.15) is 0 Å². The molecule has 0 radical (unpaired) electrons. The average Bonchev–Trinajstić information content (AvgIpc) is 3.03. The Hall–Kier alpha value is -3.34. The number of anilines is 1. The second-order valence-electron chi connectivity index (χ2n) is 7.63. The van der Waals surface area contributed by atoms with Crippen LogP contribution in [0.5, 0.6) is 5.75 Å². The molecule has 0 bridgehead atoms. The topological polar surface area (TPSA) is 54.5 Å². The Morgan fingerprint density at radius 3 is 2.97 bits per heavy atom. The molecular weight excluding hydrogens is 374 g/mol. The summed E-state index contributed by atoms with van der Waals surface area (Å²) >= 11 is 0. The molecule has 5 nitrogen and oxygen atoms in total. The lowest BCUT2D eigenvalue weighted by molar-refractivity contribution is -0.125. The van der Waals surface area contributed by atoms with E-state index < -0.39 is 0 Å². The number of aromatic nitrogens is 1. The SMILES string of the molecule is C=C1CCc2cc(/C=C/C(=O)N3CCC=C(c4ccccc4OC)CC3)cnc2N1. The van der Waals surface area contributed by atoms with Gasteiger partial charge >= 0.3 is 0 Å². The Labute approximate surface area is 177 Å². The van der Waals surface area contributed by atoms with Crippen LogP contribution in [-0.4, -0.2) is 36.0 Å². The van der Waals surface area contributed by atoms with Crippen molar-refractivity contribution in [2.45, 2.75) is 25.7 Å². The molecule has 1 aromatic carbocycles. The highest BCUT2D eigenvalue weighted by Crippen LogP contribution is 2.30. The van der Waals surface area contributed by atoms with Crippen molar-refractivity contribution in [2.24, 2.45) is 0 Å². The molecule has 154 valence electrons. The number of ether oxygens (including phenoxy) is 1. The fraction of sp³-hybridized carbons (Fsp3) is 0.280. The highest BCUT2D eigenvalue weighted by molar-refractivity contribution is 5.92. The first-order valence-electron chi connectivity index (χ1n) is 10.4. The van der Waals surface area contributed by atoms with Crippen molar-refractivity contribution in [2.75, 3.05) is 25.5 Å². The van der Waals surface area contributed by atoms with Gasteiger partial charge in [-0.3, -0.25) is 4.79 Å². The summed E-state index contributed by atoms with van der Waals surface area (Å²) in [5.74, 6) is 1.78. The lowest BCUT2D eigenvalue weighted by atomic mass is 10.0. The maximum atomic E-state index is 12.8. The number of nitrogens with zero attached hydrogens (tertiary/aromatic N) is 2. The van der Waals surface area contributed by atoms with Crippen LogP contribution in [0, 0.1) is 0 Å². The molecule has 2 aromatic rings. The molecule has 0 saturated carbocycles. The third-order valence-electron chi connectivity index (χ3n) is 5.60. The van der Waals surface area contributed by atoms with E-state index in [-0.39, 0.29) is 5.91 Å². The number of hydrogen-bond donors (Lipinski definition) is 1. The predicted octanol–water partition coefficient (Wildman–Crippen LogP) is 4.68. The van der Waals surface area contributed by atoms with Crippen LogP contribution in [0.15, 0.2) is 61.0 Å². The number of hydrogen-bond acceptors (Lipinski definition) is 4. The highest BCUT2D eigenvalue weighted by atomic mass is 16.5. The third kappa shape index (κ3) is 4.46. The monoisotopic (exact) mass is 401 g/mol. The van der Waals surface area contributed by atoms with Gasteiger partial charge in [0, 0.05) is 36.6 Å². The van der Waals surface area contributed by atoms with Gasteiger partial charge in [-0.1, -0.05) is 30.9 Å². The molecule has 0 aliphatic carbocycles. The van der Waals surface area contributed by atoms with Crippen LogP contribution in [0.1, 0.15) is 36.0 Å². The van der Waals surface area contributed by atoms with Crippen molar-refractivity contribution in [3.8, 4) is 5.75 Å². The van der Waals surface area contributed by atoms with E-state index in [1.165, 1.54) is 5.57 Å². The van der Waals surface area contributed by atoms with Gasteiger partial charge in [0.1, 0.15) is 11.6 Å². The van der Waals surface area contributed by atoms with Gasteiger partial charge in [-0.25, -0.2) is 4.98 Å². The van der Waals surface area contributed by atoms with Crippen molar-refractivity contribution in [3.63, 3.8) is 0 Å². The summed E-state index contributed by atoms with van der Waals surface area (Å²) in [4.78, 5) is 19.1. The molecule has 0 fully saturated rings. The fourth-order valence-corrected chi connectivity index (χ4v) is 3.95. The first-order chi connectivity index (χ1) is 14.6. The Morgan fingerprint density at radius 1 is 1.23 bits per heavy atom. The van der Waals surface area contributed by atoms with Crippen LogP contribution in [0.4, 0.5) is 5.82 Å². The van der Waals surface area contributed by atoms with Crippen LogP contribution in [0.2, 0.25) is 0 Å². The Bertz CT molecular complexity index is 1020. The first kappa shape index (κ1) is 20.0. The highest BCUT2D eigenvalue weighted by Gasteiger charge is 2.17. The predicted molar refractivity (Wildman–Crippen MR) is 121 cm³/mol. The largest absolute Gasteiger partial charge is 0.496 e. The molecule has 30 heavy (non-hydrogen) atoms. The second kappa shape index (κ2) is 8.99. The number of para-hydroxylation sites is 1. The molecule has 1 aromatic heterocycles. The van der Waals surface area contributed by atoms with Gasteiger partial charge in [0.15, 0.2) is 0 Å². The molecule has 4 rings (SSSR count). The van der Waals surface area contributed by atoms with Crippen LogP contribution in [-0.2, 0) is 11.2 Å². The summed E-state index contributed by atoms with van der Waals surface area (Å²) in [7, 11) is 1.69. The van der Waals surface area contributed by atoms with E-state index in [1.807, 2.05) is 29.2 Å². The zero-order valence-corrected chi connectivity index (χ0v) is 17.4. The molecule has 1 amide bonds. The van der Waals surface area contributed by atoms with Crippen molar-refractivity contribution in [1.29, 1.82) is 0 Å². The number of aryl methyl sites for hydroxylation is 1. The maximum absolute atomic E-state index is 12.8. The molecule has 3 heterocycles. The minimum Gasteiger partial charge on any atom is -0.496 e. The van der Waals surface area contributed by atoms with Crippen LogP contribution >= 0.6 is 0 Å². The zero-order valence-electron chi connectivity index (χ0n) is 17.4. The smallest absolute Gasteiger partial charge is 0.246 e. The maximum Gasteiger partial charge on any atom is 0.246 e. The van der Waals surface area contributed by atoms with E-state index in [1.54, 1.807) is 19.4 Å². The van der Waals surface area contributed by atoms with Gasteiger partial charge < -0.3 is 15.0 Å². The van der Waals surface area contributed by atoms with Gasteiger partial charge in [0.25, 0.3) is 0 Å². The van der Waals surface area contributed by atoms with Crippen LogP contribution in [0.3, 0.4) is 0 Å². The quantitative estimate of drug-likeness (QED) is 0.756. The van der Waals surface area contributed by atoms with E-state index in [4.69, 9.17) is 4.74 Å². The van der Waals surface area contributed by atoms with Gasteiger partial charge in [-0.05, 0) is 60.6 Å². The molecule has 0 atom stereocenters. The number of amides is 1. The number of carbonyl (C=O) groups is 1. The Kier molecular flexibility index (Phi) is 5.98. The molecular formula is C25H27N3O2. The van der Waals surface area contributed by atoms with Crippen molar-refractivity contribution in [1.82, 2.24) is 9.88 Å². The molecule has 1 N–H and O–H groups in total. The minimum absolute atomic E-state index is 0.0360. The summed E-state index contributed by atoms with van der Waals surface area (Å²) < 4.78 is 5.50. The van der Waals surface area contributed by atoms with Crippen LogP contribution < -0.4 is 10.1 Å². The van der Waals surface area contributed by atoms with E-state index in [0.29, 0.717) is 6.54 Å². The minimum atomic E-state index is 0.0360. The number of rotatable bonds is 4. The number of methoxy groups -OCH3 is 1. The van der Waals surface area contributed by atoms with Gasteiger partial charge in [0.05, 0.1) is 7.11 Å². The summed E-state index contributed by atoms with van der Waals surface area (Å²) in [6, 6.07) is 10.1. The van der Waals surface area contributed by atoms with Crippen molar-refractivity contribution >= 4 is 23.4 Å².